The van der Waals surface area contributed by atoms with Crippen molar-refractivity contribution in [1.29, 1.82) is 0 Å². The molecule has 4 nitrogen and oxygen atoms in total. The van der Waals surface area contributed by atoms with Gasteiger partial charge in [-0.3, -0.25) is 4.79 Å². The van der Waals surface area contributed by atoms with Crippen LogP contribution < -0.4 is 0 Å². The van der Waals surface area contributed by atoms with E-state index in [1.54, 1.807) is 11.0 Å². The van der Waals surface area contributed by atoms with Gasteiger partial charge in [-0.05, 0) is 42.5 Å². The highest BCUT2D eigenvalue weighted by atomic mass is 35.5. The molecule has 0 saturated carbocycles. The molecule has 1 aliphatic rings. The molecule has 0 atom stereocenters. The Morgan fingerprint density at radius 1 is 1.08 bits per heavy atom. The summed E-state index contributed by atoms with van der Waals surface area (Å²) in [5.41, 5.74) is -0.115. The van der Waals surface area contributed by atoms with Gasteiger partial charge in [0, 0.05) is 13.1 Å². The lowest BCUT2D eigenvalue weighted by atomic mass is 9.86. The molecule has 2 heterocycles. The molecule has 0 spiro atoms. The third kappa shape index (κ3) is 3.92. The van der Waals surface area contributed by atoms with Crippen molar-refractivity contribution in [1.82, 2.24) is 15.1 Å². The Hall–Kier alpha value is -2.15. The number of rotatable bonds is 2. The fourth-order valence-corrected chi connectivity index (χ4v) is 3.20. The number of carbonyl (C=O) groups is 1. The predicted molar refractivity (Wildman–Crippen MR) is 86.4 cm³/mol. The summed E-state index contributed by atoms with van der Waals surface area (Å²) in [5, 5.41) is 7.59. The average molecular weight is 370 g/mol. The standard InChI is InChI=1S/C17H15ClF3N3O/c18-15-6-5-14(22-23-15)16(25)24-9-7-11(8-10-24)12-3-1-2-4-13(12)17(19,20)21/h1-6,11H,7-10H2. The molecule has 0 radical (unpaired) electrons. The van der Waals surface area contributed by atoms with Crippen LogP contribution in [0.5, 0.6) is 0 Å². The molecule has 1 amide bonds. The van der Waals surface area contributed by atoms with Crippen molar-refractivity contribution in [2.45, 2.75) is 24.9 Å². The van der Waals surface area contributed by atoms with Crippen molar-refractivity contribution in [2.24, 2.45) is 0 Å². The minimum Gasteiger partial charge on any atom is -0.337 e. The Kier molecular flexibility index (Phi) is 4.94. The van der Waals surface area contributed by atoms with Gasteiger partial charge in [-0.1, -0.05) is 29.8 Å². The number of carbonyl (C=O) groups excluding carboxylic acids is 1. The van der Waals surface area contributed by atoms with Crippen molar-refractivity contribution in [2.75, 3.05) is 13.1 Å². The number of piperidine rings is 1. The molecule has 1 aromatic carbocycles. The molecular formula is C17H15ClF3N3O. The Balaban J connectivity index is 1.70. The summed E-state index contributed by atoms with van der Waals surface area (Å²) in [6.07, 6.45) is -3.43. The van der Waals surface area contributed by atoms with E-state index in [-0.39, 0.29) is 22.7 Å². The van der Waals surface area contributed by atoms with Crippen molar-refractivity contribution >= 4 is 17.5 Å². The first-order valence-electron chi connectivity index (χ1n) is 7.81. The number of likely N-dealkylation sites (tertiary alicyclic amines) is 1. The van der Waals surface area contributed by atoms with Gasteiger partial charge >= 0.3 is 6.18 Å². The summed E-state index contributed by atoms with van der Waals surface area (Å²) < 4.78 is 39.5. The van der Waals surface area contributed by atoms with Gasteiger partial charge in [0.25, 0.3) is 5.91 Å². The Morgan fingerprint density at radius 2 is 1.76 bits per heavy atom. The minimum absolute atomic E-state index is 0.179. The normalized spacial score (nSPS) is 16.1. The molecule has 1 aromatic heterocycles. The van der Waals surface area contributed by atoms with E-state index in [1.807, 2.05) is 0 Å². The summed E-state index contributed by atoms with van der Waals surface area (Å²) in [6.45, 7) is 0.750. The zero-order valence-corrected chi connectivity index (χ0v) is 13.9. The number of halogens is 4. The highest BCUT2D eigenvalue weighted by molar-refractivity contribution is 6.29. The maximum Gasteiger partial charge on any atom is 0.416 e. The highest BCUT2D eigenvalue weighted by Crippen LogP contribution is 2.38. The van der Waals surface area contributed by atoms with Crippen molar-refractivity contribution in [3.8, 4) is 0 Å². The van der Waals surface area contributed by atoms with Crippen LogP contribution in [0.1, 0.15) is 40.4 Å². The average Bonchev–Trinajstić information content (AvgIpc) is 2.61. The van der Waals surface area contributed by atoms with Gasteiger partial charge in [0.2, 0.25) is 0 Å². The van der Waals surface area contributed by atoms with E-state index in [1.165, 1.54) is 24.3 Å². The number of alkyl halides is 3. The summed E-state index contributed by atoms with van der Waals surface area (Å²) >= 11 is 5.65. The highest BCUT2D eigenvalue weighted by Gasteiger charge is 2.36. The molecule has 0 unspecified atom stereocenters. The third-order valence-corrected chi connectivity index (χ3v) is 4.54. The smallest absolute Gasteiger partial charge is 0.337 e. The van der Waals surface area contributed by atoms with Gasteiger partial charge in [0.15, 0.2) is 10.8 Å². The number of benzene rings is 1. The van der Waals surface area contributed by atoms with Gasteiger partial charge in [-0.15, -0.1) is 10.2 Å². The largest absolute Gasteiger partial charge is 0.416 e. The van der Waals surface area contributed by atoms with E-state index in [0.29, 0.717) is 31.5 Å². The second-order valence-electron chi connectivity index (χ2n) is 5.89. The first kappa shape index (κ1) is 17.7. The molecule has 2 aromatic rings. The van der Waals surface area contributed by atoms with E-state index in [2.05, 4.69) is 10.2 Å². The quantitative estimate of drug-likeness (QED) is 0.798. The maximum atomic E-state index is 13.2. The Labute approximate surface area is 147 Å². The number of hydrogen-bond acceptors (Lipinski definition) is 3. The molecule has 3 rings (SSSR count). The second kappa shape index (κ2) is 7.00. The Bertz CT molecular complexity index is 756. The molecular weight excluding hydrogens is 355 g/mol. The van der Waals surface area contributed by atoms with E-state index in [0.717, 1.165) is 6.07 Å². The number of nitrogens with zero attached hydrogens (tertiary/aromatic N) is 3. The Morgan fingerprint density at radius 3 is 2.36 bits per heavy atom. The van der Waals surface area contributed by atoms with Crippen LogP contribution in [-0.4, -0.2) is 34.1 Å². The zero-order valence-electron chi connectivity index (χ0n) is 13.1. The first-order chi connectivity index (χ1) is 11.9. The van der Waals surface area contributed by atoms with Crippen molar-refractivity contribution < 1.29 is 18.0 Å². The van der Waals surface area contributed by atoms with Crippen LogP contribution in [0.3, 0.4) is 0 Å². The minimum atomic E-state index is -4.37. The lowest BCUT2D eigenvalue weighted by Crippen LogP contribution is -2.38. The SMILES string of the molecule is O=C(c1ccc(Cl)nn1)N1CCC(c2ccccc2C(F)(F)F)CC1. The van der Waals surface area contributed by atoms with E-state index < -0.39 is 11.7 Å². The van der Waals surface area contributed by atoms with Gasteiger partial charge in [-0.2, -0.15) is 13.2 Å². The first-order valence-corrected chi connectivity index (χ1v) is 8.18. The fraction of sp³-hybridized carbons (Fsp3) is 0.353. The van der Waals surface area contributed by atoms with Crippen LogP contribution >= 0.6 is 11.6 Å². The summed E-state index contributed by atoms with van der Waals surface area (Å²) in [6, 6.07) is 8.61. The van der Waals surface area contributed by atoms with Gasteiger partial charge in [-0.25, -0.2) is 0 Å². The van der Waals surface area contributed by atoms with Gasteiger partial charge < -0.3 is 4.90 Å². The van der Waals surface area contributed by atoms with E-state index in [9.17, 15) is 18.0 Å². The van der Waals surface area contributed by atoms with Crippen LogP contribution in [-0.2, 0) is 6.18 Å². The maximum absolute atomic E-state index is 13.2. The monoisotopic (exact) mass is 369 g/mol. The number of aromatic nitrogens is 2. The van der Waals surface area contributed by atoms with E-state index in [4.69, 9.17) is 11.6 Å². The number of hydrogen-bond donors (Lipinski definition) is 0. The number of amides is 1. The van der Waals surface area contributed by atoms with Crippen LogP contribution in [0.25, 0.3) is 0 Å². The lowest BCUT2D eigenvalue weighted by Gasteiger charge is -2.33. The summed E-state index contributed by atoms with van der Waals surface area (Å²) in [4.78, 5) is 14.0. The summed E-state index contributed by atoms with van der Waals surface area (Å²) in [7, 11) is 0. The van der Waals surface area contributed by atoms with Crippen LogP contribution in [0, 0.1) is 0 Å². The van der Waals surface area contributed by atoms with Crippen LogP contribution in [0.15, 0.2) is 36.4 Å². The molecule has 0 bridgehead atoms. The predicted octanol–water partition coefficient (Wildman–Crippen LogP) is 4.17. The van der Waals surface area contributed by atoms with Gasteiger partial charge in [0.05, 0.1) is 5.56 Å². The molecule has 1 fully saturated rings. The second-order valence-corrected chi connectivity index (χ2v) is 6.28. The molecule has 132 valence electrons. The zero-order chi connectivity index (χ0) is 18.0. The summed E-state index contributed by atoms with van der Waals surface area (Å²) in [5.74, 6) is -0.509. The fourth-order valence-electron chi connectivity index (χ4n) is 3.10. The third-order valence-electron chi connectivity index (χ3n) is 4.34. The molecule has 1 aliphatic heterocycles. The van der Waals surface area contributed by atoms with Crippen molar-refractivity contribution in [3.63, 3.8) is 0 Å². The lowest BCUT2D eigenvalue weighted by molar-refractivity contribution is -0.138. The van der Waals surface area contributed by atoms with Crippen LogP contribution in [0.2, 0.25) is 5.15 Å². The molecule has 0 aliphatic carbocycles. The van der Waals surface area contributed by atoms with Crippen molar-refractivity contribution in [3.05, 3.63) is 58.4 Å². The molecule has 0 N–H and O–H groups in total. The molecule has 25 heavy (non-hydrogen) atoms. The van der Waals surface area contributed by atoms with E-state index >= 15 is 0 Å². The van der Waals surface area contributed by atoms with Gasteiger partial charge in [0.1, 0.15) is 0 Å². The van der Waals surface area contributed by atoms with Crippen LogP contribution in [0.4, 0.5) is 13.2 Å². The topological polar surface area (TPSA) is 46.1 Å². The molecule has 1 saturated heterocycles. The molecule has 8 heteroatoms.